The number of pyridine rings is 1. The Bertz CT molecular complexity index is 812. The Morgan fingerprint density at radius 3 is 2.83 bits per heavy atom. The predicted octanol–water partition coefficient (Wildman–Crippen LogP) is 1.96. The van der Waals surface area contributed by atoms with Crippen molar-refractivity contribution < 1.29 is 14.6 Å². The largest absolute Gasteiger partial charge is 0.485 e. The maximum atomic E-state index is 12.4. The van der Waals surface area contributed by atoms with Gasteiger partial charge in [-0.15, -0.1) is 0 Å². The van der Waals surface area contributed by atoms with Gasteiger partial charge >= 0.3 is 0 Å². The highest BCUT2D eigenvalue weighted by molar-refractivity contribution is 5.92. The van der Waals surface area contributed by atoms with Crippen molar-refractivity contribution in [1.82, 2.24) is 10.3 Å². The number of benzene rings is 1. The smallest absolute Gasteiger partial charge is 0.270 e. The number of nitrogens with one attached hydrogen (secondary N) is 1. The lowest BCUT2D eigenvalue weighted by Gasteiger charge is -2.42. The minimum Gasteiger partial charge on any atom is -0.485 e. The molecular formula is C18H17N3O3. The lowest BCUT2D eigenvalue weighted by Crippen LogP contribution is -2.53. The Morgan fingerprint density at radius 2 is 2.17 bits per heavy atom. The van der Waals surface area contributed by atoms with Crippen molar-refractivity contribution in [2.24, 2.45) is 0 Å². The molecule has 0 radical (unpaired) electrons. The zero-order valence-electron chi connectivity index (χ0n) is 13.4. The minimum absolute atomic E-state index is 0.256. The van der Waals surface area contributed by atoms with Crippen LogP contribution in [0.25, 0.3) is 0 Å². The molecule has 0 spiro atoms. The summed E-state index contributed by atoms with van der Waals surface area (Å²) in [5.41, 5.74) is 0.377. The van der Waals surface area contributed by atoms with Crippen LogP contribution in [0.2, 0.25) is 0 Å². The first-order chi connectivity index (χ1) is 11.4. The summed E-state index contributed by atoms with van der Waals surface area (Å²) in [6.45, 7) is 3.50. The van der Waals surface area contributed by atoms with Gasteiger partial charge in [-0.25, -0.2) is 0 Å². The van der Waals surface area contributed by atoms with Gasteiger partial charge in [0.05, 0.1) is 17.7 Å². The fraction of sp³-hybridized carbons (Fsp3) is 0.278. The van der Waals surface area contributed by atoms with Crippen LogP contribution in [0.4, 0.5) is 0 Å². The van der Waals surface area contributed by atoms with E-state index >= 15 is 0 Å². The molecule has 3 rings (SSSR count). The second-order valence-corrected chi connectivity index (χ2v) is 6.18. The maximum Gasteiger partial charge on any atom is 0.270 e. The number of carbonyl (C=O) groups is 1. The molecule has 6 heteroatoms. The van der Waals surface area contributed by atoms with Crippen molar-refractivity contribution in [3.05, 3.63) is 59.4 Å². The molecule has 6 nitrogen and oxygen atoms in total. The normalized spacial score (nSPS) is 21.1. The predicted molar refractivity (Wildman–Crippen MR) is 86.3 cm³/mol. The van der Waals surface area contributed by atoms with Crippen LogP contribution in [0.15, 0.2) is 42.6 Å². The van der Waals surface area contributed by atoms with E-state index in [-0.39, 0.29) is 5.69 Å². The first-order valence-corrected chi connectivity index (χ1v) is 7.55. The molecule has 2 atom stereocenters. The Balaban J connectivity index is 1.99. The molecule has 0 bridgehead atoms. The third-order valence-corrected chi connectivity index (χ3v) is 4.06. The van der Waals surface area contributed by atoms with Gasteiger partial charge in [-0.05, 0) is 44.2 Å². The van der Waals surface area contributed by atoms with E-state index in [0.29, 0.717) is 16.9 Å². The molecule has 1 aliphatic heterocycles. The number of carbonyl (C=O) groups excluding carboxylic acids is 1. The van der Waals surface area contributed by atoms with Crippen molar-refractivity contribution in [3.63, 3.8) is 0 Å². The molecule has 1 aromatic carbocycles. The van der Waals surface area contributed by atoms with Gasteiger partial charge in [-0.3, -0.25) is 9.78 Å². The number of amides is 1. The Labute approximate surface area is 139 Å². The number of aliphatic hydroxyl groups excluding tert-OH is 1. The SMILES string of the molecule is CC1(C)Oc2ccc(C#N)cc2C(NC(=O)c2ccccn2)[C@@H]1O. The third kappa shape index (κ3) is 2.82. The van der Waals surface area contributed by atoms with Gasteiger partial charge in [0.15, 0.2) is 0 Å². The van der Waals surface area contributed by atoms with Crippen LogP contribution >= 0.6 is 0 Å². The molecule has 2 N–H and O–H groups in total. The van der Waals surface area contributed by atoms with Gasteiger partial charge in [-0.2, -0.15) is 5.26 Å². The van der Waals surface area contributed by atoms with E-state index in [9.17, 15) is 9.90 Å². The highest BCUT2D eigenvalue weighted by Crippen LogP contribution is 2.40. The number of ether oxygens (including phenoxy) is 1. The molecule has 122 valence electrons. The average Bonchev–Trinajstić information content (AvgIpc) is 2.59. The van der Waals surface area contributed by atoms with Crippen LogP contribution in [-0.4, -0.2) is 27.7 Å². The number of hydrogen-bond acceptors (Lipinski definition) is 5. The first-order valence-electron chi connectivity index (χ1n) is 7.55. The fourth-order valence-corrected chi connectivity index (χ4v) is 2.74. The van der Waals surface area contributed by atoms with Crippen molar-refractivity contribution in [2.75, 3.05) is 0 Å². The standard InChI is InChI=1S/C18H17N3O3/c1-18(2)16(22)15(21-17(23)13-5-3-4-8-20-13)12-9-11(10-19)6-7-14(12)24-18/h3-9,15-16,22H,1-2H3,(H,21,23)/t15?,16-/m0/s1. The monoisotopic (exact) mass is 323 g/mol. The van der Waals surface area contributed by atoms with Gasteiger partial charge in [0.25, 0.3) is 5.91 Å². The van der Waals surface area contributed by atoms with E-state index in [4.69, 9.17) is 10.00 Å². The topological polar surface area (TPSA) is 95.2 Å². The quantitative estimate of drug-likeness (QED) is 0.881. The number of nitriles is 1. The highest BCUT2D eigenvalue weighted by Gasteiger charge is 2.43. The minimum atomic E-state index is -0.980. The fourth-order valence-electron chi connectivity index (χ4n) is 2.74. The van der Waals surface area contributed by atoms with E-state index < -0.39 is 23.7 Å². The number of nitrogens with zero attached hydrogens (tertiary/aromatic N) is 2. The summed E-state index contributed by atoms with van der Waals surface area (Å²) in [6.07, 6.45) is 0.549. The van der Waals surface area contributed by atoms with Gasteiger partial charge in [0.1, 0.15) is 23.1 Å². The van der Waals surface area contributed by atoms with Crippen LogP contribution in [-0.2, 0) is 0 Å². The molecule has 1 aromatic heterocycles. The van der Waals surface area contributed by atoms with Crippen LogP contribution in [0.5, 0.6) is 5.75 Å². The van der Waals surface area contributed by atoms with Crippen molar-refractivity contribution >= 4 is 5.91 Å². The molecule has 0 saturated heterocycles. The van der Waals surface area contributed by atoms with Gasteiger partial charge in [-0.1, -0.05) is 6.07 Å². The number of aromatic nitrogens is 1. The molecule has 2 aromatic rings. The molecule has 1 aliphatic rings. The van der Waals surface area contributed by atoms with Crippen LogP contribution in [0.3, 0.4) is 0 Å². The summed E-state index contributed by atoms with van der Waals surface area (Å²) in [4.78, 5) is 16.5. The van der Waals surface area contributed by atoms with Crippen LogP contribution in [0, 0.1) is 11.3 Å². The molecule has 0 saturated carbocycles. The molecule has 24 heavy (non-hydrogen) atoms. The second-order valence-electron chi connectivity index (χ2n) is 6.18. The van der Waals surface area contributed by atoms with E-state index in [1.54, 1.807) is 50.2 Å². The Kier molecular flexibility index (Phi) is 3.96. The Hall–Kier alpha value is -2.91. The van der Waals surface area contributed by atoms with E-state index in [1.165, 1.54) is 6.20 Å². The zero-order chi connectivity index (χ0) is 17.3. The Morgan fingerprint density at radius 1 is 1.38 bits per heavy atom. The lowest BCUT2D eigenvalue weighted by molar-refractivity contribution is -0.0628. The number of aliphatic hydroxyl groups is 1. The summed E-state index contributed by atoms with van der Waals surface area (Å²) in [5, 5.41) is 22.6. The second kappa shape index (κ2) is 5.95. The van der Waals surface area contributed by atoms with Crippen LogP contribution in [0.1, 0.15) is 41.5 Å². The van der Waals surface area contributed by atoms with Crippen molar-refractivity contribution in [2.45, 2.75) is 31.6 Å². The summed E-state index contributed by atoms with van der Waals surface area (Å²) in [6, 6.07) is 11.3. The maximum absolute atomic E-state index is 12.4. The zero-order valence-corrected chi connectivity index (χ0v) is 13.4. The molecule has 1 unspecified atom stereocenters. The summed E-state index contributed by atoms with van der Waals surface area (Å²) < 4.78 is 5.82. The van der Waals surface area contributed by atoms with Gasteiger partial charge < -0.3 is 15.2 Å². The van der Waals surface area contributed by atoms with Gasteiger partial charge in [0.2, 0.25) is 0 Å². The average molecular weight is 323 g/mol. The van der Waals surface area contributed by atoms with Crippen molar-refractivity contribution in [3.8, 4) is 11.8 Å². The summed E-state index contributed by atoms with van der Waals surface area (Å²) in [5.74, 6) is 0.140. The summed E-state index contributed by atoms with van der Waals surface area (Å²) in [7, 11) is 0. The van der Waals surface area contributed by atoms with E-state index in [1.807, 2.05) is 0 Å². The molecule has 0 aliphatic carbocycles. The van der Waals surface area contributed by atoms with E-state index in [2.05, 4.69) is 16.4 Å². The lowest BCUT2D eigenvalue weighted by atomic mass is 9.86. The highest BCUT2D eigenvalue weighted by atomic mass is 16.5. The van der Waals surface area contributed by atoms with Crippen molar-refractivity contribution in [1.29, 1.82) is 5.26 Å². The summed E-state index contributed by atoms with van der Waals surface area (Å²) >= 11 is 0. The molecule has 2 heterocycles. The number of fused-ring (bicyclic) bond motifs is 1. The number of hydrogen-bond donors (Lipinski definition) is 2. The van der Waals surface area contributed by atoms with E-state index in [0.717, 1.165) is 0 Å². The number of rotatable bonds is 2. The van der Waals surface area contributed by atoms with Crippen LogP contribution < -0.4 is 10.1 Å². The molecular weight excluding hydrogens is 306 g/mol. The molecule has 1 amide bonds. The third-order valence-electron chi connectivity index (χ3n) is 4.06. The molecule has 0 fully saturated rings. The van der Waals surface area contributed by atoms with Gasteiger partial charge in [0, 0.05) is 11.8 Å². The first kappa shape index (κ1) is 16.0.